The zero-order chi connectivity index (χ0) is 52.7. The number of esters is 2. The lowest BCUT2D eigenvalue weighted by molar-refractivity contribution is -0.151. The van der Waals surface area contributed by atoms with E-state index in [-0.39, 0.29) is 66.8 Å². The smallest absolute Gasteiger partial charge is 0.306 e. The number of amides is 2. The van der Waals surface area contributed by atoms with Crippen LogP contribution in [0.15, 0.2) is 60.7 Å². The summed E-state index contributed by atoms with van der Waals surface area (Å²) in [6.07, 6.45) is 2.43. The van der Waals surface area contributed by atoms with E-state index in [0.29, 0.717) is 70.4 Å². The third kappa shape index (κ3) is 12.7. The lowest BCUT2D eigenvalue weighted by Crippen LogP contribution is -2.47. The zero-order valence-electron chi connectivity index (χ0n) is 43.8. The number of Topliss-reactive ketones (excluding diaryl/α,β-unsaturated/α-hetero) is 2. The van der Waals surface area contributed by atoms with Crippen molar-refractivity contribution in [3.63, 3.8) is 0 Å². The molecule has 14 nitrogen and oxygen atoms in total. The van der Waals surface area contributed by atoms with Gasteiger partial charge in [-0.15, -0.1) is 0 Å². The summed E-state index contributed by atoms with van der Waals surface area (Å²) in [5.74, 6) is -4.68. The molecule has 0 N–H and O–H groups in total. The van der Waals surface area contributed by atoms with Crippen molar-refractivity contribution in [2.45, 2.75) is 140 Å². The molecule has 4 saturated heterocycles. The van der Waals surface area contributed by atoms with Crippen LogP contribution in [-0.4, -0.2) is 132 Å². The summed E-state index contributed by atoms with van der Waals surface area (Å²) in [6.45, 7) is 10.1. The topological polar surface area (TPSA) is 152 Å². The molecule has 0 aliphatic carbocycles. The lowest BCUT2D eigenvalue weighted by Gasteiger charge is -2.38. The fourth-order valence-corrected chi connectivity index (χ4v) is 13.4. The maximum Gasteiger partial charge on any atom is 0.306 e. The Balaban J connectivity index is 1.11. The number of ketones is 2. The van der Waals surface area contributed by atoms with Crippen molar-refractivity contribution in [1.82, 2.24) is 9.80 Å². The number of likely N-dealkylation sites (tertiary alicyclic amines) is 2. The molecule has 3 aromatic rings. The summed E-state index contributed by atoms with van der Waals surface area (Å²) in [6, 6.07) is 18.5. The molecule has 0 bridgehead atoms. The largest absolute Gasteiger partial charge is 0.469 e. The third-order valence-electron chi connectivity index (χ3n) is 16.2. The maximum atomic E-state index is 16.4. The van der Waals surface area contributed by atoms with Crippen LogP contribution >= 0.6 is 0 Å². The van der Waals surface area contributed by atoms with Gasteiger partial charge in [0.05, 0.1) is 83.3 Å². The highest BCUT2D eigenvalue weighted by Crippen LogP contribution is 2.48. The highest BCUT2D eigenvalue weighted by atomic mass is 28.3. The van der Waals surface area contributed by atoms with Crippen LogP contribution in [-0.2, 0) is 60.6 Å². The van der Waals surface area contributed by atoms with Gasteiger partial charge in [-0.2, -0.15) is 0 Å². The minimum absolute atomic E-state index is 0.00744. The van der Waals surface area contributed by atoms with Gasteiger partial charge >= 0.3 is 11.9 Å². The van der Waals surface area contributed by atoms with Crippen LogP contribution in [0.4, 0.5) is 20.2 Å². The van der Waals surface area contributed by atoms with E-state index in [1.807, 2.05) is 53.4 Å². The second kappa shape index (κ2) is 24.2. The molecule has 8 atom stereocenters. The SMILES string of the molecule is COC(=O)C[C@H](C(=O)N1CCC[C@H]1C(=O)Cc1ccc([C@H]2CC[C@H](c3ccc(CC(=O)[C@@H]4CCCN4C(=O)[C@@H](CC(=O)OC)[C@@H](C)OC)cc3)N2c2cc(F)c(N3CC[Si](C)(C)CC3)c(F)c2)cc1)[C@@H](C)OC. The lowest BCUT2D eigenvalue weighted by atomic mass is 9.95. The number of nitrogens with zero attached hydrogens (tertiary/aromatic N) is 4. The summed E-state index contributed by atoms with van der Waals surface area (Å²) in [7, 11) is 4.09. The van der Waals surface area contributed by atoms with Crippen LogP contribution in [0.1, 0.15) is 99.6 Å². The molecule has 4 aliphatic rings. The number of carbonyl (C=O) groups excluding carboxylic acids is 6. The van der Waals surface area contributed by atoms with Crippen molar-refractivity contribution < 1.29 is 56.5 Å². The van der Waals surface area contributed by atoms with Gasteiger partial charge in [0.1, 0.15) is 5.69 Å². The minimum Gasteiger partial charge on any atom is -0.469 e. The van der Waals surface area contributed by atoms with E-state index in [0.717, 1.165) is 34.3 Å². The van der Waals surface area contributed by atoms with E-state index in [1.165, 1.54) is 40.6 Å². The van der Waals surface area contributed by atoms with Gasteiger partial charge in [0.15, 0.2) is 23.2 Å². The van der Waals surface area contributed by atoms with Crippen LogP contribution in [0.5, 0.6) is 0 Å². The molecule has 17 heteroatoms. The standard InChI is InChI=1S/C56H74F2N4O10Si/c1-35(69-3)42(33-52(65)71-5)55(67)60-23-9-11-48(60)50(63)29-37-13-17-39(18-14-37)46-21-22-47(62(46)41-31-44(57)54(45(58)32-41)59-25-27-73(7,8)28-26-59)40-19-15-38(16-20-40)30-51(64)49-12-10-24-61(49)56(68)43(36(2)70-4)34-53(66)72-6/h13-20,31-32,35-36,42-43,46-49H,9-12,21-30,33-34H2,1-8H3/t35-,36-,42+,43+,46-,47-,48+,49+/m1/s1. The third-order valence-corrected chi connectivity index (χ3v) is 19.3. The van der Waals surface area contributed by atoms with Crippen LogP contribution < -0.4 is 9.80 Å². The fraction of sp³-hybridized carbons (Fsp3) is 0.571. The number of carbonyl (C=O) groups is 6. The highest BCUT2D eigenvalue weighted by molar-refractivity contribution is 6.77. The van der Waals surface area contributed by atoms with Gasteiger partial charge in [-0.3, -0.25) is 28.8 Å². The molecular formula is C56H74F2N4O10Si. The van der Waals surface area contributed by atoms with Gasteiger partial charge in [-0.1, -0.05) is 61.6 Å². The molecule has 4 heterocycles. The number of methoxy groups -OCH3 is 4. The number of hydrogen-bond acceptors (Lipinski definition) is 12. The van der Waals surface area contributed by atoms with Crippen molar-refractivity contribution in [1.29, 1.82) is 0 Å². The fourth-order valence-electron chi connectivity index (χ4n) is 11.4. The summed E-state index contributed by atoms with van der Waals surface area (Å²) in [5, 5.41) is 0. The molecule has 4 aliphatic heterocycles. The van der Waals surface area contributed by atoms with E-state index >= 15 is 8.78 Å². The van der Waals surface area contributed by atoms with Gasteiger partial charge in [0, 0.05) is 58.9 Å². The first-order valence-electron chi connectivity index (χ1n) is 25.9. The zero-order valence-corrected chi connectivity index (χ0v) is 44.8. The Kier molecular flexibility index (Phi) is 18.3. The molecule has 73 heavy (non-hydrogen) atoms. The van der Waals surface area contributed by atoms with E-state index in [4.69, 9.17) is 18.9 Å². The van der Waals surface area contributed by atoms with Gasteiger partial charge < -0.3 is 38.5 Å². The first kappa shape index (κ1) is 55.2. The molecule has 0 radical (unpaired) electrons. The first-order valence-corrected chi connectivity index (χ1v) is 29.4. The van der Waals surface area contributed by atoms with E-state index in [1.54, 1.807) is 23.6 Å². The van der Waals surface area contributed by atoms with Crippen LogP contribution in [0.3, 0.4) is 0 Å². The molecule has 0 spiro atoms. The molecule has 4 fully saturated rings. The summed E-state index contributed by atoms with van der Waals surface area (Å²) < 4.78 is 53.5. The van der Waals surface area contributed by atoms with Crippen LogP contribution in [0.25, 0.3) is 0 Å². The summed E-state index contributed by atoms with van der Waals surface area (Å²) in [4.78, 5) is 87.0. The molecule has 0 aromatic heterocycles. The van der Waals surface area contributed by atoms with Crippen molar-refractivity contribution in [3.05, 3.63) is 94.6 Å². The monoisotopic (exact) mass is 1030 g/mol. The van der Waals surface area contributed by atoms with Crippen molar-refractivity contribution in [2.75, 3.05) is 64.4 Å². The van der Waals surface area contributed by atoms with Crippen molar-refractivity contribution in [3.8, 4) is 0 Å². The Morgan fingerprint density at radius 1 is 0.603 bits per heavy atom. The Morgan fingerprint density at radius 2 is 1.00 bits per heavy atom. The number of ether oxygens (including phenoxy) is 4. The Labute approximate surface area is 430 Å². The van der Waals surface area contributed by atoms with E-state index < -0.39 is 67.8 Å². The van der Waals surface area contributed by atoms with Gasteiger partial charge in [0.2, 0.25) is 11.8 Å². The van der Waals surface area contributed by atoms with E-state index in [2.05, 4.69) is 18.0 Å². The minimum atomic E-state index is -1.41. The Hall–Kier alpha value is -5.52. The summed E-state index contributed by atoms with van der Waals surface area (Å²) >= 11 is 0. The highest BCUT2D eigenvalue weighted by Gasteiger charge is 2.42. The number of rotatable bonds is 20. The van der Waals surface area contributed by atoms with Crippen LogP contribution in [0, 0.1) is 23.5 Å². The average Bonchev–Trinajstić information content (AvgIpc) is 4.18. The molecule has 0 unspecified atom stereocenters. The molecule has 3 aromatic carbocycles. The van der Waals surface area contributed by atoms with Crippen molar-refractivity contribution >= 4 is 54.8 Å². The summed E-state index contributed by atoms with van der Waals surface area (Å²) in [5.41, 5.74) is 3.77. The second-order valence-electron chi connectivity index (χ2n) is 21.2. The molecule has 396 valence electrons. The molecule has 2 amide bonds. The van der Waals surface area contributed by atoms with E-state index in [9.17, 15) is 28.8 Å². The Morgan fingerprint density at radius 3 is 1.37 bits per heavy atom. The normalized spacial score (nSPS) is 22.4. The number of anilines is 2. The number of hydrogen-bond donors (Lipinski definition) is 0. The predicted octanol–water partition coefficient (Wildman–Crippen LogP) is 8.21. The molecule has 7 rings (SSSR count). The predicted molar refractivity (Wildman–Crippen MR) is 276 cm³/mol. The maximum absolute atomic E-state index is 16.4. The van der Waals surface area contributed by atoms with Crippen molar-refractivity contribution in [2.24, 2.45) is 11.8 Å². The van der Waals surface area contributed by atoms with Gasteiger partial charge in [-0.05, 0) is 98.8 Å². The Bertz CT molecular complexity index is 2310. The molecular weight excluding hydrogens is 955 g/mol. The second-order valence-corrected chi connectivity index (χ2v) is 26.6. The quantitative estimate of drug-likeness (QED) is 0.0793. The van der Waals surface area contributed by atoms with Crippen LogP contribution in [0.2, 0.25) is 25.2 Å². The van der Waals surface area contributed by atoms with Gasteiger partial charge in [-0.25, -0.2) is 8.78 Å². The molecule has 0 saturated carbocycles. The number of halogens is 2. The van der Waals surface area contributed by atoms with Gasteiger partial charge in [0.25, 0.3) is 0 Å². The first-order chi connectivity index (χ1) is 34.9. The average molecular weight is 1030 g/mol. The number of benzene rings is 3.